The Morgan fingerprint density at radius 2 is 1.62 bits per heavy atom. The van der Waals surface area contributed by atoms with Gasteiger partial charge < -0.3 is 10.4 Å². The number of carbonyl (C=O) groups is 1. The van der Waals surface area contributed by atoms with Crippen LogP contribution in [0.1, 0.15) is 12.5 Å². The topological polar surface area (TPSA) is 83.5 Å². The van der Waals surface area contributed by atoms with Crippen LogP contribution in [0.15, 0.2) is 58.3 Å². The molecule has 0 spiro atoms. The lowest BCUT2D eigenvalue weighted by Crippen LogP contribution is -2.52. The molecular weight excluding hydrogens is 371 g/mol. The lowest BCUT2D eigenvalue weighted by Gasteiger charge is -2.25. The molecule has 0 saturated heterocycles. The Morgan fingerprint density at radius 3 is 2.12 bits per heavy atom. The summed E-state index contributed by atoms with van der Waals surface area (Å²) in [7, 11) is -3.80. The minimum absolute atomic E-state index is 0.0356. The van der Waals surface area contributed by atoms with E-state index in [1.54, 1.807) is 18.2 Å². The highest BCUT2D eigenvalue weighted by atomic mass is 32.2. The third kappa shape index (κ3) is 3.73. The van der Waals surface area contributed by atoms with Crippen LogP contribution in [0.25, 0.3) is 0 Å². The molecule has 0 fully saturated rings. The second-order valence-corrected chi connectivity index (χ2v) is 7.77. The van der Waals surface area contributed by atoms with Gasteiger partial charge in [0.2, 0.25) is 15.4 Å². The number of aliphatic hydroxyl groups is 1. The Morgan fingerprint density at radius 1 is 1.04 bits per heavy atom. The first-order chi connectivity index (χ1) is 11.9. The first-order valence-electron chi connectivity index (χ1n) is 7.38. The van der Waals surface area contributed by atoms with Crippen LogP contribution in [-0.4, -0.2) is 31.2 Å². The molecule has 0 aliphatic carbocycles. The SMILES string of the molecule is Cc1cc(S(=O)(=O)c2ccccc2)ccc1NC(=O)[C@@](C)(O)C(F)(F)F. The minimum Gasteiger partial charge on any atom is -0.373 e. The number of carbonyl (C=O) groups excluding carboxylic acids is 1. The number of alkyl halides is 3. The summed E-state index contributed by atoms with van der Waals surface area (Å²) in [4.78, 5) is 11.7. The van der Waals surface area contributed by atoms with Crippen molar-refractivity contribution in [1.29, 1.82) is 0 Å². The number of benzene rings is 2. The molecule has 1 atom stereocenters. The van der Waals surface area contributed by atoms with Crippen molar-refractivity contribution < 1.29 is 31.5 Å². The van der Waals surface area contributed by atoms with Gasteiger partial charge in [0, 0.05) is 5.69 Å². The summed E-state index contributed by atoms with van der Waals surface area (Å²) in [6.45, 7) is 1.77. The number of sulfone groups is 1. The van der Waals surface area contributed by atoms with E-state index in [9.17, 15) is 31.5 Å². The highest BCUT2D eigenvalue weighted by Gasteiger charge is 2.55. The Labute approximate surface area is 148 Å². The predicted molar refractivity (Wildman–Crippen MR) is 88.4 cm³/mol. The molecule has 0 unspecified atom stereocenters. The van der Waals surface area contributed by atoms with Crippen molar-refractivity contribution in [2.45, 2.75) is 35.4 Å². The second kappa shape index (κ2) is 6.73. The second-order valence-electron chi connectivity index (χ2n) is 5.82. The molecule has 0 saturated carbocycles. The highest BCUT2D eigenvalue weighted by Crippen LogP contribution is 2.32. The zero-order valence-electron chi connectivity index (χ0n) is 13.8. The maximum Gasteiger partial charge on any atom is 0.426 e. The van der Waals surface area contributed by atoms with E-state index in [4.69, 9.17) is 0 Å². The Hall–Kier alpha value is -2.39. The third-order valence-electron chi connectivity index (χ3n) is 3.80. The third-order valence-corrected chi connectivity index (χ3v) is 5.57. The van der Waals surface area contributed by atoms with Gasteiger partial charge in [-0.3, -0.25) is 4.79 Å². The van der Waals surface area contributed by atoms with Gasteiger partial charge in [-0.15, -0.1) is 0 Å². The van der Waals surface area contributed by atoms with Crippen molar-refractivity contribution in [3.05, 3.63) is 54.1 Å². The van der Waals surface area contributed by atoms with Gasteiger partial charge in [0.05, 0.1) is 9.79 Å². The average molecular weight is 387 g/mol. The standard InChI is InChI=1S/C17H16F3NO4S/c1-11-10-13(26(24,25)12-6-4-3-5-7-12)8-9-14(11)21-15(22)16(2,23)17(18,19)20/h3-10,23H,1-2H3,(H,21,22)/t16-/m1/s1. The molecule has 5 nitrogen and oxygen atoms in total. The van der Waals surface area contributed by atoms with Crippen molar-refractivity contribution in [2.75, 3.05) is 5.32 Å². The van der Waals surface area contributed by atoms with E-state index in [1.165, 1.54) is 37.3 Å². The lowest BCUT2D eigenvalue weighted by molar-refractivity contribution is -0.242. The van der Waals surface area contributed by atoms with Crippen LogP contribution in [0.2, 0.25) is 0 Å². The number of amides is 1. The summed E-state index contributed by atoms with van der Waals surface area (Å²) in [5.74, 6) is -1.66. The molecule has 2 aromatic rings. The monoisotopic (exact) mass is 387 g/mol. The summed E-state index contributed by atoms with van der Waals surface area (Å²) < 4.78 is 63.2. The fourth-order valence-corrected chi connectivity index (χ4v) is 3.42. The summed E-state index contributed by atoms with van der Waals surface area (Å²) >= 11 is 0. The van der Waals surface area contributed by atoms with E-state index in [-0.39, 0.29) is 21.0 Å². The molecule has 9 heteroatoms. The fourth-order valence-electron chi connectivity index (χ4n) is 2.05. The summed E-state index contributed by atoms with van der Waals surface area (Å²) in [6, 6.07) is 11.2. The van der Waals surface area contributed by atoms with Crippen LogP contribution in [-0.2, 0) is 14.6 Å². The first-order valence-corrected chi connectivity index (χ1v) is 8.87. The Bertz CT molecular complexity index is 923. The molecule has 0 bridgehead atoms. The normalized spacial score (nSPS) is 14.5. The van der Waals surface area contributed by atoms with E-state index in [0.717, 1.165) is 0 Å². The number of rotatable bonds is 4. The Balaban J connectivity index is 2.33. The molecule has 2 N–H and O–H groups in total. The number of nitrogens with one attached hydrogen (secondary N) is 1. The van der Waals surface area contributed by atoms with Gasteiger partial charge in [0.25, 0.3) is 5.91 Å². The number of halogens is 3. The van der Waals surface area contributed by atoms with Gasteiger partial charge in [-0.1, -0.05) is 18.2 Å². The molecule has 0 aliphatic rings. The van der Waals surface area contributed by atoms with Crippen LogP contribution in [0.4, 0.5) is 18.9 Å². The maximum atomic E-state index is 12.7. The van der Waals surface area contributed by atoms with Gasteiger partial charge in [-0.25, -0.2) is 8.42 Å². The van der Waals surface area contributed by atoms with Gasteiger partial charge in [-0.05, 0) is 49.7 Å². The van der Waals surface area contributed by atoms with Crippen LogP contribution in [0.3, 0.4) is 0 Å². The molecule has 2 rings (SSSR count). The minimum atomic E-state index is -5.15. The molecule has 1 amide bonds. The molecule has 0 aromatic heterocycles. The van der Waals surface area contributed by atoms with E-state index in [1.807, 2.05) is 5.32 Å². The summed E-state index contributed by atoms with van der Waals surface area (Å²) in [5.41, 5.74) is -3.38. The summed E-state index contributed by atoms with van der Waals surface area (Å²) in [6.07, 6.45) is -5.15. The van der Waals surface area contributed by atoms with Gasteiger partial charge in [-0.2, -0.15) is 13.2 Å². The van der Waals surface area contributed by atoms with Gasteiger partial charge in [0.15, 0.2) is 0 Å². The average Bonchev–Trinajstić information content (AvgIpc) is 2.56. The number of hydrogen-bond donors (Lipinski definition) is 2. The van der Waals surface area contributed by atoms with Crippen molar-refractivity contribution in [2.24, 2.45) is 0 Å². The molecule has 0 heterocycles. The van der Waals surface area contributed by atoms with Crippen LogP contribution in [0, 0.1) is 6.92 Å². The smallest absolute Gasteiger partial charge is 0.373 e. The zero-order chi connectivity index (χ0) is 19.8. The Kier molecular flexibility index (Phi) is 5.16. The van der Waals surface area contributed by atoms with Gasteiger partial charge in [0.1, 0.15) is 0 Å². The number of anilines is 1. The molecular formula is C17H16F3NO4S. The predicted octanol–water partition coefficient (Wildman–Crippen LogP) is 3.08. The lowest BCUT2D eigenvalue weighted by atomic mass is 10.1. The van der Waals surface area contributed by atoms with Crippen LogP contribution >= 0.6 is 0 Å². The molecule has 0 radical (unpaired) electrons. The van der Waals surface area contributed by atoms with Crippen molar-refractivity contribution in [1.82, 2.24) is 0 Å². The van der Waals surface area contributed by atoms with Gasteiger partial charge >= 0.3 is 6.18 Å². The zero-order valence-corrected chi connectivity index (χ0v) is 14.6. The number of hydrogen-bond acceptors (Lipinski definition) is 4. The van der Waals surface area contributed by atoms with E-state index in [2.05, 4.69) is 0 Å². The fraction of sp³-hybridized carbons (Fsp3) is 0.235. The molecule has 2 aromatic carbocycles. The van der Waals surface area contributed by atoms with E-state index < -0.39 is 27.5 Å². The van der Waals surface area contributed by atoms with Crippen LogP contribution < -0.4 is 5.32 Å². The van der Waals surface area contributed by atoms with Crippen molar-refractivity contribution >= 4 is 21.4 Å². The molecule has 26 heavy (non-hydrogen) atoms. The van der Waals surface area contributed by atoms with Crippen molar-refractivity contribution in [3.8, 4) is 0 Å². The van der Waals surface area contributed by atoms with E-state index >= 15 is 0 Å². The largest absolute Gasteiger partial charge is 0.426 e. The number of aryl methyl sites for hydroxylation is 1. The van der Waals surface area contributed by atoms with Crippen molar-refractivity contribution in [3.63, 3.8) is 0 Å². The molecule has 140 valence electrons. The quantitative estimate of drug-likeness (QED) is 0.845. The van der Waals surface area contributed by atoms with E-state index in [0.29, 0.717) is 6.92 Å². The summed E-state index contributed by atoms with van der Waals surface area (Å²) in [5, 5.41) is 11.3. The van der Waals surface area contributed by atoms with Crippen LogP contribution in [0.5, 0.6) is 0 Å². The highest BCUT2D eigenvalue weighted by molar-refractivity contribution is 7.91. The molecule has 0 aliphatic heterocycles. The maximum absolute atomic E-state index is 12.7. The first kappa shape index (κ1) is 19.9.